The van der Waals surface area contributed by atoms with E-state index < -0.39 is 0 Å². The largest absolute Gasteiger partial charge is 0.0743 e. The molecule has 0 bridgehead atoms. The van der Waals surface area contributed by atoms with Crippen LogP contribution in [-0.4, -0.2) is 7.85 Å². The van der Waals surface area contributed by atoms with E-state index in [-0.39, 0.29) is 0 Å². The maximum atomic E-state index is 6.29. The van der Waals surface area contributed by atoms with Gasteiger partial charge in [-0.05, 0) is 30.1 Å². The Hall–Kier alpha value is 0.0649. The van der Waals surface area contributed by atoms with Gasteiger partial charge in [0.1, 0.15) is 0 Å². The van der Waals surface area contributed by atoms with Gasteiger partial charge in [0.15, 0.2) is 0 Å². The van der Waals surface area contributed by atoms with Crippen LogP contribution in [0.25, 0.3) is 0 Å². The van der Waals surface area contributed by atoms with E-state index in [1.807, 2.05) is 0 Å². The van der Waals surface area contributed by atoms with E-state index in [1.165, 1.54) is 32.1 Å². The topological polar surface area (TPSA) is 0 Å². The number of hydrogen-bond donors (Lipinski definition) is 0. The first-order chi connectivity index (χ1) is 7.06. The average Bonchev–Trinajstić information content (AvgIpc) is 2.20. The zero-order valence-corrected chi connectivity index (χ0v) is 11.0. The molecular weight excluding hydrogens is 179 g/mol. The van der Waals surface area contributed by atoms with Crippen molar-refractivity contribution in [3.05, 3.63) is 0 Å². The predicted molar refractivity (Wildman–Crippen MR) is 69.2 cm³/mol. The lowest BCUT2D eigenvalue weighted by Crippen LogP contribution is -2.27. The van der Waals surface area contributed by atoms with Crippen molar-refractivity contribution >= 4 is 7.85 Å². The van der Waals surface area contributed by atoms with Crippen LogP contribution in [0.3, 0.4) is 0 Å². The lowest BCUT2D eigenvalue weighted by Gasteiger charge is -2.38. The van der Waals surface area contributed by atoms with Gasteiger partial charge in [0, 0.05) is 0 Å². The van der Waals surface area contributed by atoms with Gasteiger partial charge in [-0.3, -0.25) is 0 Å². The van der Waals surface area contributed by atoms with Gasteiger partial charge in [0.05, 0.1) is 7.85 Å². The van der Waals surface area contributed by atoms with Gasteiger partial charge < -0.3 is 0 Å². The first kappa shape index (κ1) is 13.1. The predicted octanol–water partition coefficient (Wildman–Crippen LogP) is 4.45. The van der Waals surface area contributed by atoms with E-state index in [2.05, 4.69) is 27.7 Å². The molecule has 4 unspecified atom stereocenters. The molecule has 1 aliphatic rings. The Morgan fingerprint density at radius 3 is 2.33 bits per heavy atom. The molecule has 0 heterocycles. The molecule has 1 rings (SSSR count). The molecule has 15 heavy (non-hydrogen) atoms. The molecule has 0 spiro atoms. The molecule has 1 saturated carbocycles. The highest BCUT2D eigenvalue weighted by molar-refractivity contribution is 6.11. The number of rotatable bonds is 4. The fourth-order valence-electron chi connectivity index (χ4n) is 3.05. The monoisotopic (exact) mass is 206 g/mol. The highest BCUT2D eigenvalue weighted by Crippen LogP contribution is 2.42. The maximum absolute atomic E-state index is 6.29. The summed E-state index contributed by atoms with van der Waals surface area (Å²) in [6.45, 7) is 9.36. The molecule has 0 aromatic heterocycles. The summed E-state index contributed by atoms with van der Waals surface area (Å²) in [6.07, 6.45) is 6.69. The van der Waals surface area contributed by atoms with E-state index in [0.29, 0.717) is 5.82 Å². The van der Waals surface area contributed by atoms with Crippen LogP contribution in [0.2, 0.25) is 5.82 Å². The van der Waals surface area contributed by atoms with E-state index >= 15 is 0 Å². The van der Waals surface area contributed by atoms with Crippen LogP contribution in [0.4, 0.5) is 0 Å². The minimum Gasteiger partial charge on any atom is -0.0743 e. The molecule has 0 amide bonds. The second kappa shape index (κ2) is 5.96. The van der Waals surface area contributed by atoms with Crippen LogP contribution >= 0.6 is 0 Å². The van der Waals surface area contributed by atoms with Gasteiger partial charge in [-0.15, -0.1) is 0 Å². The van der Waals surface area contributed by atoms with Gasteiger partial charge >= 0.3 is 0 Å². The summed E-state index contributed by atoms with van der Waals surface area (Å²) in [7, 11) is 6.29. The van der Waals surface area contributed by atoms with Crippen molar-refractivity contribution < 1.29 is 0 Å². The lowest BCUT2D eigenvalue weighted by atomic mass is 9.60. The Morgan fingerprint density at radius 1 is 1.20 bits per heavy atom. The summed E-state index contributed by atoms with van der Waals surface area (Å²) < 4.78 is 0. The van der Waals surface area contributed by atoms with Crippen LogP contribution in [0.5, 0.6) is 0 Å². The molecule has 0 saturated heterocycles. The second-order valence-corrected chi connectivity index (χ2v) is 5.89. The van der Waals surface area contributed by atoms with Crippen molar-refractivity contribution in [2.75, 3.05) is 0 Å². The van der Waals surface area contributed by atoms with Gasteiger partial charge in [-0.2, -0.15) is 0 Å². The zero-order valence-electron chi connectivity index (χ0n) is 11.0. The second-order valence-electron chi connectivity index (χ2n) is 5.89. The third kappa shape index (κ3) is 3.54. The summed E-state index contributed by atoms with van der Waals surface area (Å²) in [4.78, 5) is 0. The van der Waals surface area contributed by atoms with E-state index in [9.17, 15) is 0 Å². The van der Waals surface area contributed by atoms with Gasteiger partial charge in [0.2, 0.25) is 0 Å². The van der Waals surface area contributed by atoms with E-state index in [4.69, 9.17) is 7.85 Å². The molecule has 0 nitrogen and oxygen atoms in total. The van der Waals surface area contributed by atoms with Crippen LogP contribution in [0.1, 0.15) is 59.8 Å². The van der Waals surface area contributed by atoms with Crippen molar-refractivity contribution in [1.29, 1.82) is 0 Å². The van der Waals surface area contributed by atoms with Crippen molar-refractivity contribution in [3.8, 4) is 0 Å². The molecule has 0 aromatic rings. The molecule has 0 N–H and O–H groups in total. The third-order valence-electron chi connectivity index (χ3n) is 4.54. The van der Waals surface area contributed by atoms with Crippen molar-refractivity contribution in [2.24, 2.45) is 23.7 Å². The van der Waals surface area contributed by atoms with Crippen LogP contribution in [0, 0.1) is 23.7 Å². The maximum Gasteiger partial charge on any atom is 0.0703 e. The minimum absolute atomic E-state index is 0.477. The summed E-state index contributed by atoms with van der Waals surface area (Å²) >= 11 is 0. The Kier molecular flexibility index (Phi) is 5.22. The Bertz CT molecular complexity index is 176. The molecule has 4 atom stereocenters. The summed E-state index contributed by atoms with van der Waals surface area (Å²) in [5.74, 6) is 3.83. The first-order valence-electron chi connectivity index (χ1n) is 6.81. The molecule has 0 aliphatic heterocycles. The first-order valence-corrected chi connectivity index (χ1v) is 6.81. The van der Waals surface area contributed by atoms with Gasteiger partial charge in [-0.1, -0.05) is 59.2 Å². The normalized spacial score (nSPS) is 34.3. The standard InChI is InChI=1S/C14H27B/c1-5-6-12-7-8-13(9-14(12)15)11(4)10(2)3/h10-14H,5-9H2,1-4H3. The molecular formula is C14H27B. The molecule has 1 heteroatoms. The van der Waals surface area contributed by atoms with Crippen LogP contribution in [-0.2, 0) is 0 Å². The quantitative estimate of drug-likeness (QED) is 0.596. The summed E-state index contributed by atoms with van der Waals surface area (Å²) in [5.41, 5.74) is 0. The van der Waals surface area contributed by atoms with Crippen molar-refractivity contribution in [3.63, 3.8) is 0 Å². The van der Waals surface area contributed by atoms with E-state index in [0.717, 1.165) is 23.7 Å². The minimum atomic E-state index is 0.477. The molecule has 2 radical (unpaired) electrons. The molecule has 0 aromatic carbocycles. The molecule has 1 aliphatic carbocycles. The Morgan fingerprint density at radius 2 is 1.87 bits per heavy atom. The summed E-state index contributed by atoms with van der Waals surface area (Å²) in [5, 5.41) is 0. The average molecular weight is 206 g/mol. The van der Waals surface area contributed by atoms with Gasteiger partial charge in [0.25, 0.3) is 0 Å². The fourth-order valence-corrected chi connectivity index (χ4v) is 3.05. The highest BCUT2D eigenvalue weighted by atomic mass is 14.3. The third-order valence-corrected chi connectivity index (χ3v) is 4.54. The van der Waals surface area contributed by atoms with Crippen LogP contribution in [0.15, 0.2) is 0 Å². The van der Waals surface area contributed by atoms with Gasteiger partial charge in [-0.25, -0.2) is 0 Å². The lowest BCUT2D eigenvalue weighted by molar-refractivity contribution is 0.175. The molecule has 86 valence electrons. The van der Waals surface area contributed by atoms with E-state index in [1.54, 1.807) is 0 Å². The Balaban J connectivity index is 2.43. The smallest absolute Gasteiger partial charge is 0.0703 e. The SMILES string of the molecule is [B]C1CC(C(C)C(C)C)CCC1CCC. The zero-order chi connectivity index (χ0) is 11.4. The molecule has 1 fully saturated rings. The van der Waals surface area contributed by atoms with Crippen molar-refractivity contribution in [1.82, 2.24) is 0 Å². The highest BCUT2D eigenvalue weighted by Gasteiger charge is 2.30. The van der Waals surface area contributed by atoms with Crippen LogP contribution < -0.4 is 0 Å². The summed E-state index contributed by atoms with van der Waals surface area (Å²) in [6, 6.07) is 0. The van der Waals surface area contributed by atoms with Crippen molar-refractivity contribution in [2.45, 2.75) is 65.6 Å². The number of hydrogen-bond acceptors (Lipinski definition) is 0. The fraction of sp³-hybridized carbons (Fsp3) is 1.00. The Labute approximate surface area is 97.6 Å².